The van der Waals surface area contributed by atoms with Gasteiger partial charge in [-0.25, -0.2) is 4.79 Å². The molecule has 0 unspecified atom stereocenters. The van der Waals surface area contributed by atoms with Crippen molar-refractivity contribution >= 4 is 11.7 Å². The average Bonchev–Trinajstić information content (AvgIpc) is 3.01. The molecular formula is C16H24F3N5O2. The van der Waals surface area contributed by atoms with Gasteiger partial charge in [-0.3, -0.25) is 9.58 Å². The number of alkyl halides is 3. The van der Waals surface area contributed by atoms with Crippen LogP contribution < -0.4 is 5.32 Å². The van der Waals surface area contributed by atoms with Crippen LogP contribution >= 0.6 is 0 Å². The van der Waals surface area contributed by atoms with E-state index >= 15 is 0 Å². The lowest BCUT2D eigenvalue weighted by atomic mass is 9.97. The summed E-state index contributed by atoms with van der Waals surface area (Å²) in [6, 6.07) is -0.289. The van der Waals surface area contributed by atoms with Crippen LogP contribution in [0.5, 0.6) is 0 Å². The molecular weight excluding hydrogens is 351 g/mol. The number of morpholine rings is 1. The van der Waals surface area contributed by atoms with Crippen molar-refractivity contribution in [3.8, 4) is 0 Å². The predicted molar refractivity (Wildman–Crippen MR) is 88.9 cm³/mol. The highest BCUT2D eigenvalue weighted by molar-refractivity contribution is 5.89. The molecule has 1 aromatic rings. The number of aromatic nitrogens is 2. The van der Waals surface area contributed by atoms with Gasteiger partial charge in [-0.1, -0.05) is 0 Å². The minimum Gasteiger partial charge on any atom is -0.379 e. The van der Waals surface area contributed by atoms with E-state index in [0.29, 0.717) is 19.0 Å². The fourth-order valence-corrected chi connectivity index (χ4v) is 3.45. The lowest BCUT2D eigenvalue weighted by molar-refractivity contribution is -0.142. The molecule has 1 atom stereocenters. The van der Waals surface area contributed by atoms with E-state index in [0.717, 1.165) is 50.4 Å². The quantitative estimate of drug-likeness (QED) is 0.875. The maximum Gasteiger partial charge on any atom is 0.408 e. The fourth-order valence-electron chi connectivity index (χ4n) is 3.45. The number of anilines is 1. The number of hydrogen-bond acceptors (Lipinski definition) is 4. The van der Waals surface area contributed by atoms with E-state index in [9.17, 15) is 18.0 Å². The SMILES string of the molecule is O=C(Nc1cnn(CC(F)(F)F)c1)N1CCC[C@@H](CN2CCOCC2)C1. The van der Waals surface area contributed by atoms with E-state index in [-0.39, 0.29) is 11.7 Å². The number of halogens is 3. The van der Waals surface area contributed by atoms with Gasteiger partial charge in [0.25, 0.3) is 0 Å². The van der Waals surface area contributed by atoms with Crippen LogP contribution in [-0.2, 0) is 11.3 Å². The van der Waals surface area contributed by atoms with Crippen LogP contribution in [0.4, 0.5) is 23.7 Å². The highest BCUT2D eigenvalue weighted by Gasteiger charge is 2.29. The number of carbonyl (C=O) groups is 1. The number of urea groups is 1. The Labute approximate surface area is 150 Å². The van der Waals surface area contributed by atoms with Crippen molar-refractivity contribution in [2.75, 3.05) is 51.3 Å². The van der Waals surface area contributed by atoms with Crippen molar-refractivity contribution < 1.29 is 22.7 Å². The second kappa shape index (κ2) is 8.26. The van der Waals surface area contributed by atoms with Crippen LogP contribution in [0.2, 0.25) is 0 Å². The molecule has 3 heterocycles. The van der Waals surface area contributed by atoms with E-state index in [4.69, 9.17) is 4.74 Å². The summed E-state index contributed by atoms with van der Waals surface area (Å²) in [6.07, 6.45) is 0.0899. The summed E-state index contributed by atoms with van der Waals surface area (Å²) in [4.78, 5) is 16.5. The molecule has 2 saturated heterocycles. The Hall–Kier alpha value is -1.81. The average molecular weight is 375 g/mol. The molecule has 1 N–H and O–H groups in total. The first-order chi connectivity index (χ1) is 12.4. The summed E-state index contributed by atoms with van der Waals surface area (Å²) in [5, 5.41) is 6.28. The fraction of sp³-hybridized carbons (Fsp3) is 0.750. The molecule has 0 aliphatic carbocycles. The Kier molecular flexibility index (Phi) is 6.02. The molecule has 0 radical (unpaired) electrons. The van der Waals surface area contributed by atoms with E-state index < -0.39 is 12.7 Å². The Morgan fingerprint density at radius 3 is 2.81 bits per heavy atom. The third-order valence-corrected chi connectivity index (χ3v) is 4.65. The minimum absolute atomic E-state index is 0.273. The molecule has 2 aliphatic heterocycles. The van der Waals surface area contributed by atoms with Crippen LogP contribution in [0.15, 0.2) is 12.4 Å². The third-order valence-electron chi connectivity index (χ3n) is 4.65. The van der Waals surface area contributed by atoms with Gasteiger partial charge in [-0.15, -0.1) is 0 Å². The van der Waals surface area contributed by atoms with Crippen molar-refractivity contribution in [1.82, 2.24) is 19.6 Å². The van der Waals surface area contributed by atoms with Gasteiger partial charge in [0.15, 0.2) is 0 Å². The van der Waals surface area contributed by atoms with Crippen LogP contribution in [-0.4, -0.2) is 77.7 Å². The molecule has 7 nitrogen and oxygen atoms in total. The zero-order chi connectivity index (χ0) is 18.6. The van der Waals surface area contributed by atoms with E-state index in [1.54, 1.807) is 4.90 Å². The summed E-state index contributed by atoms with van der Waals surface area (Å²) in [5.74, 6) is 0.403. The van der Waals surface area contributed by atoms with Gasteiger partial charge >= 0.3 is 12.2 Å². The second-order valence-electron chi connectivity index (χ2n) is 6.84. The van der Waals surface area contributed by atoms with Crippen LogP contribution in [0, 0.1) is 5.92 Å². The smallest absolute Gasteiger partial charge is 0.379 e. The zero-order valence-corrected chi connectivity index (χ0v) is 14.5. The first-order valence-corrected chi connectivity index (χ1v) is 8.84. The van der Waals surface area contributed by atoms with Crippen molar-refractivity contribution in [3.05, 3.63) is 12.4 Å². The maximum absolute atomic E-state index is 12.4. The van der Waals surface area contributed by atoms with Crippen molar-refractivity contribution in [3.63, 3.8) is 0 Å². The van der Waals surface area contributed by atoms with Crippen LogP contribution in [0.1, 0.15) is 12.8 Å². The normalized spacial score (nSPS) is 22.4. The van der Waals surface area contributed by atoms with Crippen molar-refractivity contribution in [2.24, 2.45) is 5.92 Å². The standard InChI is InChI=1S/C16H24F3N5O2/c17-16(18,19)12-24-11-14(8-20-24)21-15(25)23-3-1-2-13(10-23)9-22-4-6-26-7-5-22/h8,11,13H,1-7,9-10,12H2,(H,21,25)/t13-/m0/s1. The number of ether oxygens (including phenoxy) is 1. The van der Waals surface area contributed by atoms with E-state index in [2.05, 4.69) is 15.3 Å². The highest BCUT2D eigenvalue weighted by atomic mass is 19.4. The van der Waals surface area contributed by atoms with Gasteiger partial charge in [-0.05, 0) is 18.8 Å². The number of carbonyl (C=O) groups excluding carboxylic acids is 1. The lowest BCUT2D eigenvalue weighted by Gasteiger charge is -2.36. The number of likely N-dealkylation sites (tertiary alicyclic amines) is 1. The monoisotopic (exact) mass is 375 g/mol. The largest absolute Gasteiger partial charge is 0.408 e. The Morgan fingerprint density at radius 2 is 2.08 bits per heavy atom. The van der Waals surface area contributed by atoms with Gasteiger partial charge < -0.3 is 15.0 Å². The lowest BCUT2D eigenvalue weighted by Crippen LogP contribution is -2.47. The van der Waals surface area contributed by atoms with E-state index in [1.807, 2.05) is 0 Å². The number of amides is 2. The zero-order valence-electron chi connectivity index (χ0n) is 14.5. The first-order valence-electron chi connectivity index (χ1n) is 8.84. The van der Waals surface area contributed by atoms with Crippen molar-refractivity contribution in [1.29, 1.82) is 0 Å². The molecule has 2 amide bonds. The van der Waals surface area contributed by atoms with Crippen molar-refractivity contribution in [2.45, 2.75) is 25.6 Å². The molecule has 26 heavy (non-hydrogen) atoms. The predicted octanol–water partition coefficient (Wildman–Crippen LogP) is 2.02. The highest BCUT2D eigenvalue weighted by Crippen LogP contribution is 2.20. The first kappa shape index (κ1) is 19.0. The Balaban J connectivity index is 1.49. The maximum atomic E-state index is 12.4. The summed E-state index contributed by atoms with van der Waals surface area (Å²) >= 11 is 0. The summed E-state index contributed by atoms with van der Waals surface area (Å²) in [6.45, 7) is 4.41. The molecule has 0 bridgehead atoms. The molecule has 0 saturated carbocycles. The topological polar surface area (TPSA) is 62.6 Å². The Morgan fingerprint density at radius 1 is 1.31 bits per heavy atom. The molecule has 0 spiro atoms. The molecule has 3 rings (SSSR count). The van der Waals surface area contributed by atoms with Gasteiger partial charge in [0, 0.05) is 38.9 Å². The molecule has 10 heteroatoms. The molecule has 2 fully saturated rings. The Bertz CT molecular complexity index is 601. The number of nitrogens with one attached hydrogen (secondary N) is 1. The molecule has 0 aromatic carbocycles. The summed E-state index contributed by atoms with van der Waals surface area (Å²) in [5.41, 5.74) is 0.273. The number of piperidine rings is 1. The van der Waals surface area contributed by atoms with Gasteiger partial charge in [-0.2, -0.15) is 18.3 Å². The van der Waals surface area contributed by atoms with Crippen LogP contribution in [0.3, 0.4) is 0 Å². The summed E-state index contributed by atoms with van der Waals surface area (Å²) < 4.78 is 43.2. The molecule has 1 aromatic heterocycles. The van der Waals surface area contributed by atoms with Crippen LogP contribution in [0.25, 0.3) is 0 Å². The van der Waals surface area contributed by atoms with E-state index in [1.165, 1.54) is 12.4 Å². The number of rotatable bonds is 4. The van der Waals surface area contributed by atoms with Gasteiger partial charge in [0.2, 0.25) is 0 Å². The van der Waals surface area contributed by atoms with Gasteiger partial charge in [0.1, 0.15) is 6.54 Å². The number of hydrogen-bond donors (Lipinski definition) is 1. The number of nitrogens with zero attached hydrogens (tertiary/aromatic N) is 4. The summed E-state index contributed by atoms with van der Waals surface area (Å²) in [7, 11) is 0. The minimum atomic E-state index is -4.34. The molecule has 2 aliphatic rings. The second-order valence-corrected chi connectivity index (χ2v) is 6.84. The molecule has 146 valence electrons. The third kappa shape index (κ3) is 5.60. The van der Waals surface area contributed by atoms with Gasteiger partial charge in [0.05, 0.1) is 25.1 Å².